The van der Waals surface area contributed by atoms with E-state index in [9.17, 15) is 0 Å². The van der Waals surface area contributed by atoms with Crippen molar-refractivity contribution in [1.82, 2.24) is 10.3 Å². The molecule has 1 aromatic heterocycles. The minimum atomic E-state index is 0.137. The summed E-state index contributed by atoms with van der Waals surface area (Å²) in [5.41, 5.74) is 1.09. The van der Waals surface area contributed by atoms with Crippen LogP contribution in [0.2, 0.25) is 0 Å². The minimum Gasteiger partial charge on any atom is -0.467 e. The van der Waals surface area contributed by atoms with E-state index in [4.69, 9.17) is 9.47 Å². The summed E-state index contributed by atoms with van der Waals surface area (Å²) in [5.74, 6) is 0. The SMILES string of the molecule is CCc1csc(OCC2CNCC(C)O2)n1. The third-order valence-electron chi connectivity index (χ3n) is 2.51. The Morgan fingerprint density at radius 2 is 2.50 bits per heavy atom. The van der Waals surface area contributed by atoms with Gasteiger partial charge in [-0.2, -0.15) is 0 Å². The Hall–Kier alpha value is -0.650. The van der Waals surface area contributed by atoms with E-state index in [1.165, 1.54) is 0 Å². The molecule has 5 heteroatoms. The summed E-state index contributed by atoms with van der Waals surface area (Å²) in [4.78, 5) is 4.35. The Morgan fingerprint density at radius 1 is 1.62 bits per heavy atom. The van der Waals surface area contributed by atoms with E-state index in [2.05, 4.69) is 24.1 Å². The van der Waals surface area contributed by atoms with Gasteiger partial charge in [0, 0.05) is 18.5 Å². The van der Waals surface area contributed by atoms with Gasteiger partial charge in [-0.1, -0.05) is 18.3 Å². The lowest BCUT2D eigenvalue weighted by atomic mass is 10.2. The first-order valence-corrected chi connectivity index (χ1v) is 6.59. The van der Waals surface area contributed by atoms with Gasteiger partial charge >= 0.3 is 0 Å². The van der Waals surface area contributed by atoms with Crippen molar-refractivity contribution in [1.29, 1.82) is 0 Å². The summed E-state index contributed by atoms with van der Waals surface area (Å²) < 4.78 is 11.3. The quantitative estimate of drug-likeness (QED) is 0.868. The van der Waals surface area contributed by atoms with E-state index < -0.39 is 0 Å². The van der Waals surface area contributed by atoms with Crippen LogP contribution in [0.5, 0.6) is 5.19 Å². The molecule has 1 N–H and O–H groups in total. The van der Waals surface area contributed by atoms with E-state index in [-0.39, 0.29) is 12.2 Å². The number of nitrogens with zero attached hydrogens (tertiary/aromatic N) is 1. The fourth-order valence-electron chi connectivity index (χ4n) is 1.65. The maximum absolute atomic E-state index is 5.73. The smallest absolute Gasteiger partial charge is 0.273 e. The van der Waals surface area contributed by atoms with Crippen LogP contribution in [0.4, 0.5) is 0 Å². The molecule has 2 rings (SSSR count). The molecule has 2 heterocycles. The highest BCUT2D eigenvalue weighted by Crippen LogP contribution is 2.19. The van der Waals surface area contributed by atoms with E-state index in [1.807, 2.05) is 5.38 Å². The highest BCUT2D eigenvalue weighted by molar-refractivity contribution is 7.11. The molecule has 0 radical (unpaired) electrons. The van der Waals surface area contributed by atoms with Crippen molar-refractivity contribution in [3.05, 3.63) is 11.1 Å². The third kappa shape index (κ3) is 3.17. The van der Waals surface area contributed by atoms with Gasteiger partial charge in [-0.3, -0.25) is 0 Å². The van der Waals surface area contributed by atoms with Gasteiger partial charge in [0.2, 0.25) is 0 Å². The summed E-state index contributed by atoms with van der Waals surface area (Å²) in [5, 5.41) is 6.10. The standard InChI is InChI=1S/C11H18N2O2S/c1-3-9-7-16-11(13-9)14-6-10-5-12-4-8(2)15-10/h7-8,10,12H,3-6H2,1-2H3. The zero-order valence-electron chi connectivity index (χ0n) is 9.73. The predicted octanol–water partition coefficient (Wildman–Crippen LogP) is 1.46. The fraction of sp³-hybridized carbons (Fsp3) is 0.727. The van der Waals surface area contributed by atoms with Crippen LogP contribution >= 0.6 is 11.3 Å². The molecule has 4 nitrogen and oxygen atoms in total. The van der Waals surface area contributed by atoms with Gasteiger partial charge in [0.05, 0.1) is 11.8 Å². The number of rotatable bonds is 4. The van der Waals surface area contributed by atoms with E-state index in [0.717, 1.165) is 30.4 Å². The molecule has 1 saturated heterocycles. The summed E-state index contributed by atoms with van der Waals surface area (Å²) in [6, 6.07) is 0. The summed E-state index contributed by atoms with van der Waals surface area (Å²) in [6.45, 7) is 6.52. The second-order valence-electron chi connectivity index (χ2n) is 4.00. The number of aromatic nitrogens is 1. The van der Waals surface area contributed by atoms with E-state index in [1.54, 1.807) is 11.3 Å². The summed E-state index contributed by atoms with van der Waals surface area (Å²) in [7, 11) is 0. The average molecular weight is 242 g/mol. The molecule has 90 valence electrons. The van der Waals surface area contributed by atoms with Crippen LogP contribution < -0.4 is 10.1 Å². The van der Waals surface area contributed by atoms with Gasteiger partial charge in [0.1, 0.15) is 12.7 Å². The largest absolute Gasteiger partial charge is 0.467 e. The lowest BCUT2D eigenvalue weighted by molar-refractivity contribution is -0.0470. The first-order chi connectivity index (χ1) is 7.78. The Bertz CT molecular complexity index is 330. The van der Waals surface area contributed by atoms with Gasteiger partial charge in [0.25, 0.3) is 5.19 Å². The van der Waals surface area contributed by atoms with Crippen LogP contribution in [-0.4, -0.2) is 36.9 Å². The van der Waals surface area contributed by atoms with Crippen LogP contribution in [0, 0.1) is 0 Å². The summed E-state index contributed by atoms with van der Waals surface area (Å²) >= 11 is 1.55. The highest BCUT2D eigenvalue weighted by atomic mass is 32.1. The lowest BCUT2D eigenvalue weighted by Gasteiger charge is -2.28. The van der Waals surface area contributed by atoms with E-state index >= 15 is 0 Å². The number of ether oxygens (including phenoxy) is 2. The van der Waals surface area contributed by atoms with Gasteiger partial charge in [-0.05, 0) is 13.3 Å². The minimum absolute atomic E-state index is 0.137. The Labute approximate surface area is 100.0 Å². The van der Waals surface area contributed by atoms with Gasteiger partial charge in [0.15, 0.2) is 0 Å². The second kappa shape index (κ2) is 5.61. The normalized spacial score (nSPS) is 25.6. The Morgan fingerprint density at radius 3 is 3.19 bits per heavy atom. The molecular weight excluding hydrogens is 224 g/mol. The van der Waals surface area contributed by atoms with Crippen LogP contribution in [0.15, 0.2) is 5.38 Å². The molecule has 1 fully saturated rings. The molecule has 2 atom stereocenters. The molecule has 16 heavy (non-hydrogen) atoms. The van der Waals surface area contributed by atoms with Crippen molar-refractivity contribution in [2.45, 2.75) is 32.5 Å². The van der Waals surface area contributed by atoms with Crippen molar-refractivity contribution in [3.63, 3.8) is 0 Å². The first-order valence-electron chi connectivity index (χ1n) is 5.71. The molecule has 0 amide bonds. The molecule has 0 aliphatic carbocycles. The molecule has 0 aromatic carbocycles. The van der Waals surface area contributed by atoms with Crippen LogP contribution in [-0.2, 0) is 11.2 Å². The molecule has 0 bridgehead atoms. The highest BCUT2D eigenvalue weighted by Gasteiger charge is 2.19. The summed E-state index contributed by atoms with van der Waals surface area (Å²) in [6.07, 6.45) is 1.36. The monoisotopic (exact) mass is 242 g/mol. The van der Waals surface area contributed by atoms with Crippen LogP contribution in [0.3, 0.4) is 0 Å². The number of nitrogens with one attached hydrogen (secondary N) is 1. The number of hydrogen-bond donors (Lipinski definition) is 1. The number of morpholine rings is 1. The van der Waals surface area contributed by atoms with E-state index in [0.29, 0.717) is 6.61 Å². The van der Waals surface area contributed by atoms with Crippen LogP contribution in [0.25, 0.3) is 0 Å². The van der Waals surface area contributed by atoms with Crippen LogP contribution in [0.1, 0.15) is 19.5 Å². The van der Waals surface area contributed by atoms with Gasteiger partial charge < -0.3 is 14.8 Å². The van der Waals surface area contributed by atoms with Crippen molar-refractivity contribution < 1.29 is 9.47 Å². The van der Waals surface area contributed by atoms with Crippen molar-refractivity contribution in [3.8, 4) is 5.19 Å². The molecule has 0 saturated carbocycles. The average Bonchev–Trinajstić information content (AvgIpc) is 2.74. The number of thiazole rings is 1. The zero-order chi connectivity index (χ0) is 11.4. The fourth-order valence-corrected chi connectivity index (χ4v) is 2.41. The molecule has 1 aliphatic heterocycles. The number of hydrogen-bond acceptors (Lipinski definition) is 5. The predicted molar refractivity (Wildman–Crippen MR) is 64.2 cm³/mol. The molecule has 2 unspecified atom stereocenters. The van der Waals surface area contributed by atoms with Crippen molar-refractivity contribution >= 4 is 11.3 Å². The molecule has 1 aliphatic rings. The lowest BCUT2D eigenvalue weighted by Crippen LogP contribution is -2.45. The van der Waals surface area contributed by atoms with Gasteiger partial charge in [-0.25, -0.2) is 4.98 Å². The third-order valence-corrected chi connectivity index (χ3v) is 3.31. The van der Waals surface area contributed by atoms with Gasteiger partial charge in [-0.15, -0.1) is 0 Å². The molecule has 1 aromatic rings. The maximum Gasteiger partial charge on any atom is 0.273 e. The zero-order valence-corrected chi connectivity index (χ0v) is 10.5. The Balaban J connectivity index is 1.78. The topological polar surface area (TPSA) is 43.4 Å². The molecule has 0 spiro atoms. The molecular formula is C11H18N2O2S. The van der Waals surface area contributed by atoms with Crippen molar-refractivity contribution in [2.24, 2.45) is 0 Å². The number of aryl methyl sites for hydroxylation is 1. The Kier molecular flexibility index (Phi) is 4.15. The van der Waals surface area contributed by atoms with Crippen molar-refractivity contribution in [2.75, 3.05) is 19.7 Å². The first kappa shape index (κ1) is 11.8. The second-order valence-corrected chi connectivity index (χ2v) is 4.82. The maximum atomic E-state index is 5.73.